The van der Waals surface area contributed by atoms with Gasteiger partial charge < -0.3 is 19.9 Å². The van der Waals surface area contributed by atoms with E-state index in [1.54, 1.807) is 7.11 Å². The molecule has 24 heavy (non-hydrogen) atoms. The van der Waals surface area contributed by atoms with Crippen LogP contribution in [0.5, 0.6) is 5.75 Å². The third kappa shape index (κ3) is 3.88. The Labute approximate surface area is 141 Å². The average Bonchev–Trinajstić information content (AvgIpc) is 2.88. The Morgan fingerprint density at radius 1 is 1.46 bits per heavy atom. The van der Waals surface area contributed by atoms with Crippen LogP contribution in [0.3, 0.4) is 0 Å². The van der Waals surface area contributed by atoms with Crippen LogP contribution in [0.2, 0.25) is 0 Å². The molecule has 1 atom stereocenters. The highest BCUT2D eigenvalue weighted by Gasteiger charge is 2.20. The van der Waals surface area contributed by atoms with E-state index in [1.807, 2.05) is 25.1 Å². The normalized spacial score (nSPS) is 16.8. The number of aryl methyl sites for hydroxylation is 1. The van der Waals surface area contributed by atoms with Crippen LogP contribution in [-0.4, -0.2) is 24.3 Å². The molecule has 0 aliphatic heterocycles. The largest absolute Gasteiger partial charge is 0.496 e. The molecule has 2 N–H and O–H groups in total. The van der Waals surface area contributed by atoms with Gasteiger partial charge in [-0.1, -0.05) is 17.3 Å². The Hall–Kier alpha value is -2.50. The van der Waals surface area contributed by atoms with Gasteiger partial charge in [-0.3, -0.25) is 0 Å². The van der Waals surface area contributed by atoms with Crippen LogP contribution >= 0.6 is 0 Å². The first kappa shape index (κ1) is 16.4. The predicted molar refractivity (Wildman–Crippen MR) is 90.0 cm³/mol. The summed E-state index contributed by atoms with van der Waals surface area (Å²) in [6, 6.07) is 7.88. The molecule has 1 aromatic carbocycles. The van der Waals surface area contributed by atoms with Crippen LogP contribution in [0.4, 0.5) is 4.79 Å². The fraction of sp³-hybridized carbons (Fsp3) is 0.444. The van der Waals surface area contributed by atoms with Gasteiger partial charge in [0, 0.05) is 12.1 Å². The summed E-state index contributed by atoms with van der Waals surface area (Å²) < 4.78 is 10.5. The van der Waals surface area contributed by atoms with Crippen molar-refractivity contribution in [2.75, 3.05) is 7.11 Å². The van der Waals surface area contributed by atoms with Crippen LogP contribution in [0.15, 0.2) is 28.8 Å². The summed E-state index contributed by atoms with van der Waals surface area (Å²) in [5.41, 5.74) is 3.33. The van der Waals surface area contributed by atoms with Crippen molar-refractivity contribution >= 4 is 6.03 Å². The molecule has 1 aliphatic rings. The van der Waals surface area contributed by atoms with Gasteiger partial charge in [0.2, 0.25) is 0 Å². The molecular weight excluding hydrogens is 306 g/mol. The third-order valence-electron chi connectivity index (χ3n) is 4.33. The Balaban J connectivity index is 1.58. The van der Waals surface area contributed by atoms with E-state index >= 15 is 0 Å². The summed E-state index contributed by atoms with van der Waals surface area (Å²) in [5.74, 6) is 1.59. The van der Waals surface area contributed by atoms with Crippen molar-refractivity contribution in [1.29, 1.82) is 0 Å². The second kappa shape index (κ2) is 7.38. The molecule has 6 heteroatoms. The second-order valence-corrected chi connectivity index (χ2v) is 6.15. The van der Waals surface area contributed by atoms with E-state index in [4.69, 9.17) is 9.26 Å². The SMILES string of the molecule is COc1cccc2c1CCCC(NC(=O)NCc1cc(C)no1)C2. The van der Waals surface area contributed by atoms with Gasteiger partial charge in [0.05, 0.1) is 19.3 Å². The van der Waals surface area contributed by atoms with Crippen molar-refractivity contribution in [3.63, 3.8) is 0 Å². The molecule has 2 aromatic rings. The number of carbonyl (C=O) groups excluding carboxylic acids is 1. The smallest absolute Gasteiger partial charge is 0.315 e. The molecule has 0 fully saturated rings. The van der Waals surface area contributed by atoms with E-state index in [-0.39, 0.29) is 12.1 Å². The summed E-state index contributed by atoms with van der Waals surface area (Å²) in [5, 5.41) is 9.68. The Morgan fingerprint density at radius 2 is 2.33 bits per heavy atom. The molecule has 3 rings (SSSR count). The van der Waals surface area contributed by atoms with E-state index in [0.717, 1.165) is 37.1 Å². The van der Waals surface area contributed by atoms with Crippen molar-refractivity contribution in [3.8, 4) is 5.75 Å². The number of carbonyl (C=O) groups is 1. The average molecular weight is 329 g/mol. The Bertz CT molecular complexity index is 711. The zero-order valence-corrected chi connectivity index (χ0v) is 14.1. The highest BCUT2D eigenvalue weighted by Crippen LogP contribution is 2.28. The Morgan fingerprint density at radius 3 is 3.08 bits per heavy atom. The van der Waals surface area contributed by atoms with Crippen molar-refractivity contribution in [2.24, 2.45) is 0 Å². The number of fused-ring (bicyclic) bond motifs is 1. The molecule has 0 bridgehead atoms. The molecule has 2 amide bonds. The fourth-order valence-electron chi connectivity index (χ4n) is 3.20. The van der Waals surface area contributed by atoms with Gasteiger partial charge in [-0.05, 0) is 49.8 Å². The molecule has 0 spiro atoms. The second-order valence-electron chi connectivity index (χ2n) is 6.15. The molecular formula is C18H23N3O3. The molecule has 6 nitrogen and oxygen atoms in total. The van der Waals surface area contributed by atoms with Crippen LogP contribution in [0.1, 0.15) is 35.4 Å². The summed E-state index contributed by atoms with van der Waals surface area (Å²) >= 11 is 0. The van der Waals surface area contributed by atoms with Crippen LogP contribution in [0.25, 0.3) is 0 Å². The van der Waals surface area contributed by atoms with Crippen LogP contribution < -0.4 is 15.4 Å². The minimum atomic E-state index is -0.180. The van der Waals surface area contributed by atoms with Gasteiger partial charge in [-0.2, -0.15) is 0 Å². The zero-order chi connectivity index (χ0) is 16.9. The molecule has 1 heterocycles. The zero-order valence-electron chi connectivity index (χ0n) is 14.1. The molecule has 0 saturated carbocycles. The van der Waals surface area contributed by atoms with Gasteiger partial charge in [0.25, 0.3) is 0 Å². The van der Waals surface area contributed by atoms with E-state index in [2.05, 4.69) is 21.9 Å². The number of nitrogens with zero attached hydrogens (tertiary/aromatic N) is 1. The number of urea groups is 1. The summed E-state index contributed by atoms with van der Waals surface area (Å²) in [7, 11) is 1.70. The molecule has 0 saturated heterocycles. The quantitative estimate of drug-likeness (QED) is 0.846. The topological polar surface area (TPSA) is 76.4 Å². The number of aromatic nitrogens is 1. The third-order valence-corrected chi connectivity index (χ3v) is 4.33. The first-order chi connectivity index (χ1) is 11.7. The molecule has 1 unspecified atom stereocenters. The number of benzene rings is 1. The lowest BCUT2D eigenvalue weighted by molar-refractivity contribution is 0.234. The maximum atomic E-state index is 12.1. The molecule has 1 aromatic heterocycles. The fourth-order valence-corrected chi connectivity index (χ4v) is 3.20. The lowest BCUT2D eigenvalue weighted by Crippen LogP contribution is -2.42. The summed E-state index contributed by atoms with van der Waals surface area (Å²) in [6.45, 7) is 2.19. The summed E-state index contributed by atoms with van der Waals surface area (Å²) in [6.07, 6.45) is 3.78. The first-order valence-electron chi connectivity index (χ1n) is 8.27. The maximum absolute atomic E-state index is 12.1. The standard InChI is InChI=1S/C18H23N3O3/c1-12-9-15(24-21-12)11-19-18(22)20-14-6-4-7-16-13(10-14)5-3-8-17(16)23-2/h3,5,8-9,14H,4,6-7,10-11H2,1-2H3,(H2,19,20,22). The minimum absolute atomic E-state index is 0.120. The minimum Gasteiger partial charge on any atom is -0.496 e. The number of methoxy groups -OCH3 is 1. The van der Waals surface area contributed by atoms with Gasteiger partial charge in [-0.15, -0.1) is 0 Å². The van der Waals surface area contributed by atoms with Crippen molar-refractivity contribution < 1.29 is 14.1 Å². The number of amides is 2. The van der Waals surface area contributed by atoms with Gasteiger partial charge >= 0.3 is 6.03 Å². The van der Waals surface area contributed by atoms with Crippen molar-refractivity contribution in [3.05, 3.63) is 46.8 Å². The highest BCUT2D eigenvalue weighted by molar-refractivity contribution is 5.74. The van der Waals surface area contributed by atoms with E-state index < -0.39 is 0 Å². The molecule has 1 aliphatic carbocycles. The number of hydrogen-bond acceptors (Lipinski definition) is 4. The van der Waals surface area contributed by atoms with E-state index in [0.29, 0.717) is 12.3 Å². The van der Waals surface area contributed by atoms with Crippen LogP contribution in [-0.2, 0) is 19.4 Å². The highest BCUT2D eigenvalue weighted by atomic mass is 16.5. The number of hydrogen-bond donors (Lipinski definition) is 2. The maximum Gasteiger partial charge on any atom is 0.315 e. The molecule has 128 valence electrons. The van der Waals surface area contributed by atoms with Gasteiger partial charge in [0.15, 0.2) is 5.76 Å². The van der Waals surface area contributed by atoms with E-state index in [9.17, 15) is 4.79 Å². The number of nitrogens with one attached hydrogen (secondary N) is 2. The first-order valence-corrected chi connectivity index (χ1v) is 8.27. The van der Waals surface area contributed by atoms with Crippen molar-refractivity contribution in [2.45, 2.75) is 45.2 Å². The monoisotopic (exact) mass is 329 g/mol. The van der Waals surface area contributed by atoms with Crippen LogP contribution in [0, 0.1) is 6.92 Å². The number of ether oxygens (including phenoxy) is 1. The summed E-state index contributed by atoms with van der Waals surface area (Å²) in [4.78, 5) is 12.1. The Kier molecular flexibility index (Phi) is 5.03. The van der Waals surface area contributed by atoms with Gasteiger partial charge in [0.1, 0.15) is 5.75 Å². The molecule has 0 radical (unpaired) electrons. The van der Waals surface area contributed by atoms with E-state index in [1.165, 1.54) is 11.1 Å². The van der Waals surface area contributed by atoms with Gasteiger partial charge in [-0.25, -0.2) is 4.79 Å². The predicted octanol–water partition coefficient (Wildman–Crippen LogP) is 2.74. The lowest BCUT2D eigenvalue weighted by atomic mass is 10.0. The van der Waals surface area contributed by atoms with Crippen molar-refractivity contribution in [1.82, 2.24) is 15.8 Å². The lowest BCUT2D eigenvalue weighted by Gasteiger charge is -2.17. The number of rotatable bonds is 4.